The van der Waals surface area contributed by atoms with Gasteiger partial charge >= 0.3 is 0 Å². The minimum atomic E-state index is 1.16. The van der Waals surface area contributed by atoms with Crippen LogP contribution < -0.4 is 5.32 Å². The summed E-state index contributed by atoms with van der Waals surface area (Å²) < 4.78 is 0. The van der Waals surface area contributed by atoms with E-state index in [1.165, 1.54) is 9.80 Å². The van der Waals surface area contributed by atoms with Gasteiger partial charge in [0.25, 0.3) is 0 Å². The Balaban J connectivity index is 2.76. The van der Waals surface area contributed by atoms with Crippen LogP contribution in [-0.4, -0.2) is 7.05 Å². The SMILES string of the molecule is C=C/C=C\C=C(/C)Sc1ccccc1NC. The Hall–Kier alpha value is -1.41. The molecule has 0 saturated carbocycles. The molecule has 1 nitrogen and oxygen atoms in total. The second kappa shape index (κ2) is 6.96. The van der Waals surface area contributed by atoms with Crippen LogP contribution in [0.15, 0.2) is 64.9 Å². The lowest BCUT2D eigenvalue weighted by Crippen LogP contribution is -1.89. The number of nitrogens with one attached hydrogen (secondary N) is 1. The molecule has 0 fully saturated rings. The summed E-state index contributed by atoms with van der Waals surface area (Å²) in [7, 11) is 1.94. The predicted molar refractivity (Wildman–Crippen MR) is 74.9 cm³/mol. The van der Waals surface area contributed by atoms with Gasteiger partial charge in [0.15, 0.2) is 0 Å². The van der Waals surface area contributed by atoms with Gasteiger partial charge in [-0.25, -0.2) is 0 Å². The molecule has 1 aromatic rings. The highest BCUT2D eigenvalue weighted by Crippen LogP contribution is 2.31. The summed E-state index contributed by atoms with van der Waals surface area (Å²) in [4.78, 5) is 2.49. The molecule has 0 atom stereocenters. The van der Waals surface area contributed by atoms with E-state index in [4.69, 9.17) is 0 Å². The minimum absolute atomic E-state index is 1.16. The highest BCUT2D eigenvalue weighted by molar-refractivity contribution is 8.03. The van der Waals surface area contributed by atoms with Crippen molar-refractivity contribution in [2.45, 2.75) is 11.8 Å². The molecule has 0 heterocycles. The summed E-state index contributed by atoms with van der Waals surface area (Å²) in [5.74, 6) is 0. The lowest BCUT2D eigenvalue weighted by atomic mass is 10.3. The summed E-state index contributed by atoms with van der Waals surface area (Å²) in [5, 5.41) is 3.19. The van der Waals surface area contributed by atoms with Crippen molar-refractivity contribution in [2.24, 2.45) is 0 Å². The molecule has 0 amide bonds. The molecular weight excluding hydrogens is 214 g/mol. The number of hydrogen-bond acceptors (Lipinski definition) is 2. The number of para-hydroxylation sites is 1. The number of hydrogen-bond donors (Lipinski definition) is 1. The zero-order valence-corrected chi connectivity index (χ0v) is 10.6. The molecule has 0 aromatic heterocycles. The van der Waals surface area contributed by atoms with Crippen molar-refractivity contribution in [1.29, 1.82) is 0 Å². The van der Waals surface area contributed by atoms with E-state index in [0.29, 0.717) is 0 Å². The van der Waals surface area contributed by atoms with Crippen molar-refractivity contribution in [1.82, 2.24) is 0 Å². The third kappa shape index (κ3) is 3.99. The molecule has 2 heteroatoms. The number of rotatable bonds is 5. The van der Waals surface area contributed by atoms with Gasteiger partial charge in [-0.1, -0.05) is 54.8 Å². The van der Waals surface area contributed by atoms with Gasteiger partial charge in [-0.2, -0.15) is 0 Å². The standard InChI is InChI=1S/C14H17NS/c1-4-5-6-9-12(2)16-14-11-8-7-10-13(14)15-3/h4-11,15H,1H2,2-3H3/b6-5-,12-9+. The Morgan fingerprint density at radius 3 is 2.75 bits per heavy atom. The molecule has 84 valence electrons. The van der Waals surface area contributed by atoms with Crippen molar-refractivity contribution in [3.63, 3.8) is 0 Å². The van der Waals surface area contributed by atoms with Crippen LogP contribution in [0.4, 0.5) is 5.69 Å². The van der Waals surface area contributed by atoms with Crippen molar-refractivity contribution in [3.05, 3.63) is 60.1 Å². The maximum Gasteiger partial charge on any atom is 0.0479 e. The van der Waals surface area contributed by atoms with Crippen LogP contribution >= 0.6 is 11.8 Å². The number of benzene rings is 1. The van der Waals surface area contributed by atoms with Gasteiger partial charge < -0.3 is 5.32 Å². The van der Waals surface area contributed by atoms with Gasteiger partial charge in [-0.05, 0) is 24.0 Å². The first-order valence-corrected chi connectivity index (χ1v) is 6.00. The van der Waals surface area contributed by atoms with Gasteiger partial charge in [0.1, 0.15) is 0 Å². The van der Waals surface area contributed by atoms with Crippen LogP contribution in [-0.2, 0) is 0 Å². The van der Waals surface area contributed by atoms with Crippen LogP contribution in [0.25, 0.3) is 0 Å². The smallest absolute Gasteiger partial charge is 0.0479 e. The maximum absolute atomic E-state index is 3.64. The lowest BCUT2D eigenvalue weighted by molar-refractivity contribution is 1.38. The Kier molecular flexibility index (Phi) is 5.51. The Bertz CT molecular complexity index is 405. The average Bonchev–Trinajstić information content (AvgIpc) is 2.30. The van der Waals surface area contributed by atoms with E-state index < -0.39 is 0 Å². The van der Waals surface area contributed by atoms with Gasteiger partial charge in [0.2, 0.25) is 0 Å². The van der Waals surface area contributed by atoms with Crippen molar-refractivity contribution < 1.29 is 0 Å². The van der Waals surface area contributed by atoms with Crippen molar-refractivity contribution >= 4 is 17.4 Å². The van der Waals surface area contributed by atoms with Crippen LogP contribution in [0.1, 0.15) is 6.92 Å². The van der Waals surface area contributed by atoms with Crippen LogP contribution in [0.3, 0.4) is 0 Å². The summed E-state index contributed by atoms with van der Waals surface area (Å²) >= 11 is 1.76. The van der Waals surface area contributed by atoms with Gasteiger partial charge in [-0.3, -0.25) is 0 Å². The van der Waals surface area contributed by atoms with Crippen molar-refractivity contribution in [3.8, 4) is 0 Å². The van der Waals surface area contributed by atoms with E-state index in [1.54, 1.807) is 17.8 Å². The molecule has 1 N–H and O–H groups in total. The quantitative estimate of drug-likeness (QED) is 0.593. The first-order chi connectivity index (χ1) is 7.77. The molecule has 16 heavy (non-hydrogen) atoms. The molecule has 0 unspecified atom stereocenters. The fourth-order valence-corrected chi connectivity index (χ4v) is 2.16. The van der Waals surface area contributed by atoms with Crippen LogP contribution in [0, 0.1) is 0 Å². The molecule has 0 aliphatic rings. The molecule has 0 saturated heterocycles. The van der Waals surface area contributed by atoms with Crippen LogP contribution in [0.2, 0.25) is 0 Å². The Morgan fingerprint density at radius 2 is 2.06 bits per heavy atom. The minimum Gasteiger partial charge on any atom is -0.387 e. The third-order valence-corrected chi connectivity index (χ3v) is 3.04. The molecule has 1 aromatic carbocycles. The highest BCUT2D eigenvalue weighted by atomic mass is 32.2. The van der Waals surface area contributed by atoms with Crippen molar-refractivity contribution in [2.75, 3.05) is 12.4 Å². The van der Waals surface area contributed by atoms with E-state index in [-0.39, 0.29) is 0 Å². The highest BCUT2D eigenvalue weighted by Gasteiger charge is 2.00. The fraction of sp³-hybridized carbons (Fsp3) is 0.143. The zero-order chi connectivity index (χ0) is 11.8. The first-order valence-electron chi connectivity index (χ1n) is 5.18. The maximum atomic E-state index is 3.64. The number of allylic oxidation sites excluding steroid dienone is 5. The average molecular weight is 231 g/mol. The molecule has 1 rings (SSSR count). The first kappa shape index (κ1) is 12.7. The summed E-state index contributed by atoms with van der Waals surface area (Å²) in [6.07, 6.45) is 7.78. The monoisotopic (exact) mass is 231 g/mol. The number of thioether (sulfide) groups is 1. The molecule has 0 radical (unpaired) electrons. The Labute approximate surface area is 102 Å². The van der Waals surface area contributed by atoms with E-state index >= 15 is 0 Å². The molecule has 0 aliphatic carbocycles. The van der Waals surface area contributed by atoms with Gasteiger partial charge in [0.05, 0.1) is 0 Å². The fourth-order valence-electron chi connectivity index (χ4n) is 1.24. The predicted octanol–water partition coefficient (Wildman–Crippen LogP) is 4.47. The summed E-state index contributed by atoms with van der Waals surface area (Å²) in [6.45, 7) is 5.74. The number of anilines is 1. The topological polar surface area (TPSA) is 12.0 Å². The van der Waals surface area contributed by atoms with E-state index in [0.717, 1.165) is 5.69 Å². The lowest BCUT2D eigenvalue weighted by Gasteiger charge is -2.07. The van der Waals surface area contributed by atoms with E-state index in [2.05, 4.69) is 43.1 Å². The summed E-state index contributed by atoms with van der Waals surface area (Å²) in [6, 6.07) is 8.28. The molecular formula is C14H17NS. The van der Waals surface area contributed by atoms with Gasteiger partial charge in [-0.15, -0.1) is 0 Å². The largest absolute Gasteiger partial charge is 0.387 e. The molecule has 0 bridgehead atoms. The van der Waals surface area contributed by atoms with Crippen LogP contribution in [0.5, 0.6) is 0 Å². The molecule has 0 aliphatic heterocycles. The normalized spacial score (nSPS) is 11.8. The molecule has 0 spiro atoms. The van der Waals surface area contributed by atoms with Gasteiger partial charge in [0, 0.05) is 17.6 Å². The second-order valence-electron chi connectivity index (χ2n) is 3.25. The third-order valence-electron chi connectivity index (χ3n) is 2.01. The second-order valence-corrected chi connectivity index (χ2v) is 4.53. The Morgan fingerprint density at radius 1 is 1.31 bits per heavy atom. The zero-order valence-electron chi connectivity index (χ0n) is 9.73. The summed E-state index contributed by atoms with van der Waals surface area (Å²) in [5.41, 5.74) is 1.16. The van der Waals surface area contributed by atoms with E-state index in [9.17, 15) is 0 Å². The van der Waals surface area contributed by atoms with E-state index in [1.807, 2.05) is 25.3 Å².